The molecule has 0 N–H and O–H groups in total. The second kappa shape index (κ2) is 2.99. The Hall–Kier alpha value is 0. The molecule has 0 aromatic rings. The minimum Gasteiger partial charge on any atom is -0.0648 e. The van der Waals surface area contributed by atoms with E-state index < -0.39 is 0 Å². The molecule has 0 amide bonds. The van der Waals surface area contributed by atoms with Crippen molar-refractivity contribution < 1.29 is 0 Å². The predicted molar refractivity (Wildman–Crippen MR) is 92.5 cm³/mol. The van der Waals surface area contributed by atoms with Gasteiger partial charge in [0.2, 0.25) is 0 Å². The van der Waals surface area contributed by atoms with Crippen molar-refractivity contribution in [2.24, 2.45) is 80.8 Å². The van der Waals surface area contributed by atoms with Gasteiger partial charge >= 0.3 is 0 Å². The van der Waals surface area contributed by atoms with Gasteiger partial charge in [0.15, 0.2) is 0 Å². The molecule has 23 heavy (non-hydrogen) atoms. The zero-order valence-electron chi connectivity index (χ0n) is 15.9. The molecule has 0 radical (unpaired) electrons. The second-order valence-corrected chi connectivity index (χ2v) is 11.7. The van der Waals surface area contributed by atoms with Crippen LogP contribution in [-0.4, -0.2) is 0 Å². The summed E-state index contributed by atoms with van der Waals surface area (Å²) in [6, 6.07) is 0. The summed E-state index contributed by atoms with van der Waals surface area (Å²) < 4.78 is 0. The lowest BCUT2D eigenvalue weighted by atomic mass is 9.18. The van der Waals surface area contributed by atoms with Gasteiger partial charge in [-0.25, -0.2) is 0 Å². The van der Waals surface area contributed by atoms with Crippen LogP contribution in [0.15, 0.2) is 0 Å². The summed E-state index contributed by atoms with van der Waals surface area (Å²) in [7, 11) is 0. The molecule has 0 heterocycles. The third kappa shape index (κ3) is 0.689. The maximum Gasteiger partial charge on any atom is -0.0114 e. The Morgan fingerprint density at radius 1 is 0.870 bits per heavy atom. The lowest BCUT2D eigenvalue weighted by Gasteiger charge is -2.86. The first-order valence-electron chi connectivity index (χ1n) is 10.9. The maximum absolute atomic E-state index is 2.82. The standard InChI is InChI=1S/C23H34/c1-7-21-18-12(4)20(6)13(5)19(21)17-15-8-14-9-22(15,20)23(21,10(14)2)11(3)16(17)18/h10-19H,7-9H2,1-6H3. The molecular formula is C23H34. The van der Waals surface area contributed by atoms with Crippen LogP contribution in [0.4, 0.5) is 0 Å². The Balaban J connectivity index is 1.72. The average Bonchev–Trinajstić information content (AvgIpc) is 3.16. The molecule has 0 saturated heterocycles. The average molecular weight is 311 g/mol. The van der Waals surface area contributed by atoms with Gasteiger partial charge < -0.3 is 0 Å². The molecule has 2 spiro atoms. The molecule has 10 aliphatic rings. The molecule has 10 bridgehead atoms. The van der Waals surface area contributed by atoms with Gasteiger partial charge in [0, 0.05) is 0 Å². The molecule has 126 valence electrons. The smallest absolute Gasteiger partial charge is 0.0114 e. The fourth-order valence-corrected chi connectivity index (χ4v) is 14.1. The summed E-state index contributed by atoms with van der Waals surface area (Å²) in [4.78, 5) is 0. The van der Waals surface area contributed by atoms with Crippen LogP contribution in [-0.2, 0) is 0 Å². The SMILES string of the molecule is CCC12C3C4C5C1C(C)C(C)(C3C)C13CC(CC41)C(C)C23C5C. The second-order valence-electron chi connectivity index (χ2n) is 11.7. The van der Waals surface area contributed by atoms with Crippen molar-refractivity contribution in [3.63, 3.8) is 0 Å². The summed E-state index contributed by atoms with van der Waals surface area (Å²) in [6.45, 7) is 16.4. The number of hydrogen-bond acceptors (Lipinski definition) is 0. The molecule has 0 aliphatic heterocycles. The van der Waals surface area contributed by atoms with Crippen molar-refractivity contribution >= 4 is 0 Å². The maximum atomic E-state index is 2.82. The van der Waals surface area contributed by atoms with Gasteiger partial charge in [0.05, 0.1) is 0 Å². The topological polar surface area (TPSA) is 0 Å². The van der Waals surface area contributed by atoms with Gasteiger partial charge in [-0.3, -0.25) is 0 Å². The van der Waals surface area contributed by atoms with Crippen molar-refractivity contribution in [3.05, 3.63) is 0 Å². The summed E-state index contributed by atoms with van der Waals surface area (Å²) in [5.74, 6) is 10.8. The molecule has 10 saturated carbocycles. The van der Waals surface area contributed by atoms with Crippen molar-refractivity contribution in [2.45, 2.75) is 60.8 Å². The van der Waals surface area contributed by atoms with Crippen LogP contribution in [0.5, 0.6) is 0 Å². The molecule has 14 unspecified atom stereocenters. The van der Waals surface area contributed by atoms with Crippen molar-refractivity contribution in [3.8, 4) is 0 Å². The van der Waals surface area contributed by atoms with Gasteiger partial charge in [-0.1, -0.05) is 41.5 Å². The molecule has 14 atom stereocenters. The Labute approximate surface area is 142 Å². The van der Waals surface area contributed by atoms with E-state index in [1.54, 1.807) is 12.8 Å². The van der Waals surface area contributed by atoms with Crippen LogP contribution in [0.2, 0.25) is 0 Å². The molecule has 0 aromatic carbocycles. The zero-order valence-corrected chi connectivity index (χ0v) is 15.9. The molecule has 10 rings (SSSR count). The number of hydrogen-bond donors (Lipinski definition) is 0. The first-order valence-corrected chi connectivity index (χ1v) is 10.9. The largest absolute Gasteiger partial charge is 0.0648 e. The third-order valence-corrected chi connectivity index (χ3v) is 13.4. The highest BCUT2D eigenvalue weighted by Crippen LogP contribution is 3.05. The minimum atomic E-state index is 0.666. The van der Waals surface area contributed by atoms with E-state index >= 15 is 0 Å². The third-order valence-electron chi connectivity index (χ3n) is 13.4. The van der Waals surface area contributed by atoms with Gasteiger partial charge in [-0.15, -0.1) is 0 Å². The summed E-state index contributed by atoms with van der Waals surface area (Å²) >= 11 is 0. The Kier molecular flexibility index (Phi) is 1.72. The van der Waals surface area contributed by atoms with Crippen LogP contribution < -0.4 is 0 Å². The summed E-state index contributed by atoms with van der Waals surface area (Å²) in [6.07, 6.45) is 4.78. The van der Waals surface area contributed by atoms with E-state index in [0.29, 0.717) is 5.41 Å². The molecule has 0 heteroatoms. The van der Waals surface area contributed by atoms with Gasteiger partial charge in [0.25, 0.3) is 0 Å². The highest BCUT2D eigenvalue weighted by molar-refractivity contribution is 5.47. The monoisotopic (exact) mass is 310 g/mol. The Morgan fingerprint density at radius 3 is 2.17 bits per heavy atom. The normalized spacial score (nSPS) is 83.7. The molecule has 10 fully saturated rings. The van der Waals surface area contributed by atoms with E-state index in [9.17, 15) is 0 Å². The van der Waals surface area contributed by atoms with Crippen LogP contribution >= 0.6 is 0 Å². The van der Waals surface area contributed by atoms with Crippen LogP contribution in [0.25, 0.3) is 0 Å². The predicted octanol–water partition coefficient (Wildman–Crippen LogP) is 5.48. The zero-order chi connectivity index (χ0) is 15.9. The fourth-order valence-electron chi connectivity index (χ4n) is 14.1. The van der Waals surface area contributed by atoms with Gasteiger partial charge in [-0.2, -0.15) is 0 Å². The quantitative estimate of drug-likeness (QED) is 0.601. The van der Waals surface area contributed by atoms with E-state index in [4.69, 9.17) is 0 Å². The van der Waals surface area contributed by atoms with Crippen molar-refractivity contribution in [1.82, 2.24) is 0 Å². The molecular weight excluding hydrogens is 276 g/mol. The van der Waals surface area contributed by atoms with E-state index in [2.05, 4.69) is 41.5 Å². The van der Waals surface area contributed by atoms with Crippen LogP contribution in [0.3, 0.4) is 0 Å². The molecule has 0 nitrogen and oxygen atoms in total. The van der Waals surface area contributed by atoms with Crippen molar-refractivity contribution in [1.29, 1.82) is 0 Å². The van der Waals surface area contributed by atoms with E-state index in [1.165, 1.54) is 6.42 Å². The van der Waals surface area contributed by atoms with E-state index in [1.807, 2.05) is 0 Å². The highest BCUT2D eigenvalue weighted by Gasteiger charge is 3.01. The first-order chi connectivity index (χ1) is 10.9. The van der Waals surface area contributed by atoms with E-state index in [0.717, 1.165) is 75.4 Å². The highest BCUT2D eigenvalue weighted by atomic mass is 15.0. The van der Waals surface area contributed by atoms with Crippen molar-refractivity contribution in [2.75, 3.05) is 0 Å². The molecule has 10 aliphatic carbocycles. The fraction of sp³-hybridized carbons (Fsp3) is 1.00. The lowest BCUT2D eigenvalue weighted by Crippen LogP contribution is -2.82. The molecule has 0 aromatic heterocycles. The summed E-state index contributed by atoms with van der Waals surface area (Å²) in [5.41, 5.74) is 2.93. The first kappa shape index (κ1) is 13.2. The lowest BCUT2D eigenvalue weighted by molar-refractivity contribution is -0.397. The van der Waals surface area contributed by atoms with Gasteiger partial charge in [0.1, 0.15) is 0 Å². The minimum absolute atomic E-state index is 0.666. The van der Waals surface area contributed by atoms with Crippen LogP contribution in [0.1, 0.15) is 60.8 Å². The van der Waals surface area contributed by atoms with Gasteiger partial charge in [-0.05, 0) is 100 Å². The van der Waals surface area contributed by atoms with Crippen LogP contribution in [0, 0.1) is 80.8 Å². The Bertz CT molecular complexity index is 661. The number of rotatable bonds is 1. The summed E-state index contributed by atoms with van der Waals surface area (Å²) in [5, 5.41) is 0. The Morgan fingerprint density at radius 2 is 1.52 bits per heavy atom. The van der Waals surface area contributed by atoms with E-state index in [-0.39, 0.29) is 0 Å².